The molecule has 0 aliphatic carbocycles. The van der Waals surface area contributed by atoms with E-state index in [1.807, 2.05) is 0 Å². The van der Waals surface area contributed by atoms with Gasteiger partial charge >= 0.3 is 5.97 Å². The van der Waals surface area contributed by atoms with Gasteiger partial charge in [-0.3, -0.25) is 9.59 Å². The van der Waals surface area contributed by atoms with Crippen molar-refractivity contribution >= 4 is 11.9 Å². The van der Waals surface area contributed by atoms with Crippen molar-refractivity contribution in [2.45, 2.75) is 38.4 Å². The number of ether oxygens (including phenoxy) is 2. The smallest absolute Gasteiger partial charge is 0.304 e. The molecule has 2 unspecified atom stereocenters. The van der Waals surface area contributed by atoms with Gasteiger partial charge in [-0.2, -0.15) is 0 Å². The molecule has 0 spiro atoms. The zero-order valence-electron chi connectivity index (χ0n) is 11.7. The van der Waals surface area contributed by atoms with Crippen molar-refractivity contribution < 1.29 is 29.3 Å². The van der Waals surface area contributed by atoms with Gasteiger partial charge in [-0.1, -0.05) is 5.11 Å². The fourth-order valence-corrected chi connectivity index (χ4v) is 2.01. The van der Waals surface area contributed by atoms with Crippen molar-refractivity contribution in [2.75, 3.05) is 13.1 Å². The maximum atomic E-state index is 11.1. The van der Waals surface area contributed by atoms with Crippen molar-refractivity contribution in [2.24, 2.45) is 11.0 Å². The van der Waals surface area contributed by atoms with Crippen LogP contribution in [0.3, 0.4) is 0 Å². The van der Waals surface area contributed by atoms with Crippen LogP contribution >= 0.6 is 0 Å². The highest BCUT2D eigenvalue weighted by Crippen LogP contribution is 2.27. The third-order valence-electron chi connectivity index (χ3n) is 3.02. The number of azide groups is 1. The Labute approximate surface area is 120 Å². The van der Waals surface area contributed by atoms with E-state index < -0.39 is 36.5 Å². The van der Waals surface area contributed by atoms with Gasteiger partial charge in [-0.25, -0.2) is 0 Å². The van der Waals surface area contributed by atoms with Crippen LogP contribution in [0.5, 0.6) is 0 Å². The zero-order valence-corrected chi connectivity index (χ0v) is 11.7. The lowest BCUT2D eigenvalue weighted by atomic mass is 9.90. The number of aliphatic hydroxyl groups excluding tert-OH is 2. The molecule has 0 radical (unpaired) electrons. The number of nitrogens with zero attached hydrogens (tertiary/aromatic N) is 3. The number of esters is 1. The number of carbonyl (C=O) groups excluding carboxylic acids is 2. The number of carbonyl (C=O) groups is 2. The van der Waals surface area contributed by atoms with Gasteiger partial charge in [-0.15, -0.1) is 0 Å². The summed E-state index contributed by atoms with van der Waals surface area (Å²) in [5, 5.41) is 25.8. The first-order valence-electron chi connectivity index (χ1n) is 6.31. The van der Waals surface area contributed by atoms with Crippen LogP contribution in [-0.4, -0.2) is 59.8 Å². The standard InChI is InChI=1S/C11H18N4O6/c1-5(16)13-3-7-9(18)10(19)8(4-14-15-12)21-11(7)20-6(2)17/h7-11,18-19H,3-4H2,1-2H3,(H,13,16)/t7-,8-,9?,10+,11?/m1/s1. The van der Waals surface area contributed by atoms with Gasteiger partial charge in [-0.05, 0) is 5.53 Å². The highest BCUT2D eigenvalue weighted by molar-refractivity contribution is 5.72. The minimum Gasteiger partial charge on any atom is -0.435 e. The van der Waals surface area contributed by atoms with E-state index in [0.29, 0.717) is 0 Å². The van der Waals surface area contributed by atoms with E-state index in [4.69, 9.17) is 15.0 Å². The Balaban J connectivity index is 2.85. The van der Waals surface area contributed by atoms with Crippen LogP contribution in [-0.2, 0) is 19.1 Å². The minimum absolute atomic E-state index is 0.0419. The molecule has 1 fully saturated rings. The van der Waals surface area contributed by atoms with E-state index in [0.717, 1.165) is 0 Å². The molecule has 21 heavy (non-hydrogen) atoms. The molecule has 3 N–H and O–H groups in total. The summed E-state index contributed by atoms with van der Waals surface area (Å²) in [4.78, 5) is 24.6. The van der Waals surface area contributed by atoms with E-state index in [1.165, 1.54) is 13.8 Å². The number of amides is 1. The largest absolute Gasteiger partial charge is 0.435 e. The molecule has 0 saturated carbocycles. The van der Waals surface area contributed by atoms with Crippen molar-refractivity contribution in [1.29, 1.82) is 0 Å². The molecule has 118 valence electrons. The Kier molecular flexibility index (Phi) is 6.38. The van der Waals surface area contributed by atoms with Crippen LogP contribution in [0.25, 0.3) is 10.4 Å². The van der Waals surface area contributed by atoms with Crippen LogP contribution < -0.4 is 5.32 Å². The fourth-order valence-electron chi connectivity index (χ4n) is 2.01. The molecule has 0 aromatic heterocycles. The first-order chi connectivity index (χ1) is 9.86. The van der Waals surface area contributed by atoms with Gasteiger partial charge in [0.1, 0.15) is 6.10 Å². The maximum Gasteiger partial charge on any atom is 0.304 e. The Morgan fingerprint density at radius 3 is 2.57 bits per heavy atom. The molecule has 1 amide bonds. The van der Waals surface area contributed by atoms with Gasteiger partial charge in [0, 0.05) is 25.3 Å². The SMILES string of the molecule is CC(=O)NC[C@H]1C(OC(C)=O)O[C@H](CN=[N+]=[N-])[C@H](O)C1O. The predicted molar refractivity (Wildman–Crippen MR) is 68.6 cm³/mol. The Morgan fingerprint density at radius 2 is 2.05 bits per heavy atom. The van der Waals surface area contributed by atoms with Crippen LogP contribution in [0, 0.1) is 5.92 Å². The fraction of sp³-hybridized carbons (Fsp3) is 0.818. The summed E-state index contributed by atoms with van der Waals surface area (Å²) in [5.74, 6) is -1.82. The molecular weight excluding hydrogens is 284 g/mol. The second-order valence-electron chi connectivity index (χ2n) is 4.65. The first-order valence-corrected chi connectivity index (χ1v) is 6.31. The molecule has 1 saturated heterocycles. The third-order valence-corrected chi connectivity index (χ3v) is 3.02. The van der Waals surface area contributed by atoms with Crippen LogP contribution in [0.4, 0.5) is 0 Å². The van der Waals surface area contributed by atoms with Crippen LogP contribution in [0.2, 0.25) is 0 Å². The average molecular weight is 302 g/mol. The summed E-state index contributed by atoms with van der Waals surface area (Å²) in [6.45, 7) is 2.19. The summed E-state index contributed by atoms with van der Waals surface area (Å²) >= 11 is 0. The summed E-state index contributed by atoms with van der Waals surface area (Å²) in [6, 6.07) is 0. The minimum atomic E-state index is -1.33. The molecule has 1 aliphatic rings. The summed E-state index contributed by atoms with van der Waals surface area (Å²) in [5.41, 5.74) is 8.28. The Hall–Kier alpha value is -1.87. The lowest BCUT2D eigenvalue weighted by Gasteiger charge is -2.41. The molecule has 10 nitrogen and oxygen atoms in total. The predicted octanol–water partition coefficient (Wildman–Crippen LogP) is -0.941. The van der Waals surface area contributed by atoms with Crippen LogP contribution in [0.15, 0.2) is 5.11 Å². The quantitative estimate of drug-likeness (QED) is 0.258. The number of hydrogen-bond acceptors (Lipinski definition) is 7. The lowest BCUT2D eigenvalue weighted by Crippen LogP contribution is -2.58. The Morgan fingerprint density at radius 1 is 1.38 bits per heavy atom. The molecular formula is C11H18N4O6. The number of nitrogens with one attached hydrogen (secondary N) is 1. The molecule has 1 aliphatic heterocycles. The number of hydrogen-bond donors (Lipinski definition) is 3. The lowest BCUT2D eigenvalue weighted by molar-refractivity contribution is -0.268. The van der Waals surface area contributed by atoms with Gasteiger partial charge < -0.3 is 25.0 Å². The van der Waals surface area contributed by atoms with Crippen molar-refractivity contribution in [1.82, 2.24) is 5.32 Å². The molecule has 1 rings (SSSR count). The number of aliphatic hydroxyl groups is 2. The van der Waals surface area contributed by atoms with Crippen molar-refractivity contribution in [3.05, 3.63) is 10.4 Å². The molecule has 0 aromatic rings. The molecule has 10 heteroatoms. The highest BCUT2D eigenvalue weighted by atomic mass is 16.7. The van der Waals surface area contributed by atoms with E-state index in [9.17, 15) is 19.8 Å². The normalized spacial score (nSPS) is 31.9. The summed E-state index contributed by atoms with van der Waals surface area (Å²) in [6.07, 6.45) is -4.81. The molecule has 1 heterocycles. The van der Waals surface area contributed by atoms with Crippen LogP contribution in [0.1, 0.15) is 13.8 Å². The van der Waals surface area contributed by atoms with E-state index >= 15 is 0 Å². The third kappa shape index (κ3) is 4.87. The molecule has 5 atom stereocenters. The summed E-state index contributed by atoms with van der Waals surface area (Å²) in [7, 11) is 0. The topological polar surface area (TPSA) is 154 Å². The maximum absolute atomic E-state index is 11.1. The van der Waals surface area contributed by atoms with E-state index in [-0.39, 0.29) is 19.0 Å². The molecule has 0 aromatic carbocycles. The van der Waals surface area contributed by atoms with E-state index in [1.54, 1.807) is 0 Å². The average Bonchev–Trinajstić information content (AvgIpc) is 2.39. The monoisotopic (exact) mass is 302 g/mol. The van der Waals surface area contributed by atoms with Crippen molar-refractivity contribution in [3.8, 4) is 0 Å². The van der Waals surface area contributed by atoms with Gasteiger partial charge in [0.2, 0.25) is 12.2 Å². The highest BCUT2D eigenvalue weighted by Gasteiger charge is 2.45. The first kappa shape index (κ1) is 17.2. The van der Waals surface area contributed by atoms with Gasteiger partial charge in [0.15, 0.2) is 0 Å². The van der Waals surface area contributed by atoms with Gasteiger partial charge in [0.05, 0.1) is 24.7 Å². The molecule has 0 bridgehead atoms. The zero-order chi connectivity index (χ0) is 16.0. The second-order valence-corrected chi connectivity index (χ2v) is 4.65. The van der Waals surface area contributed by atoms with Crippen molar-refractivity contribution in [3.63, 3.8) is 0 Å². The van der Waals surface area contributed by atoms with E-state index in [2.05, 4.69) is 15.3 Å². The summed E-state index contributed by atoms with van der Waals surface area (Å²) < 4.78 is 10.3. The van der Waals surface area contributed by atoms with Gasteiger partial charge in [0.25, 0.3) is 0 Å². The second kappa shape index (κ2) is 7.79. The number of rotatable bonds is 5. The Bertz CT molecular complexity index is 438.